The Labute approximate surface area is 115 Å². The molecule has 0 radical (unpaired) electrons. The van der Waals surface area contributed by atoms with Gasteiger partial charge in [0.05, 0.1) is 32.8 Å². The highest BCUT2D eigenvalue weighted by Crippen LogP contribution is 2.37. The summed E-state index contributed by atoms with van der Waals surface area (Å²) in [5, 5.41) is 3.50. The van der Waals surface area contributed by atoms with Crippen LogP contribution in [0.2, 0.25) is 0 Å². The summed E-state index contributed by atoms with van der Waals surface area (Å²) < 4.78 is 16.1. The summed E-state index contributed by atoms with van der Waals surface area (Å²) in [5.74, 6) is 1.54. The molecule has 1 saturated heterocycles. The van der Waals surface area contributed by atoms with Crippen LogP contribution in [0.15, 0.2) is 18.2 Å². The first-order chi connectivity index (χ1) is 9.11. The van der Waals surface area contributed by atoms with Crippen LogP contribution in [0.1, 0.15) is 19.4 Å². The topological polar surface area (TPSA) is 39.7 Å². The molecule has 0 bridgehead atoms. The second-order valence-electron chi connectivity index (χ2n) is 5.38. The molecule has 0 atom stereocenters. The molecule has 19 heavy (non-hydrogen) atoms. The van der Waals surface area contributed by atoms with E-state index in [2.05, 4.69) is 31.3 Å². The third-order valence-electron chi connectivity index (χ3n) is 3.60. The van der Waals surface area contributed by atoms with Gasteiger partial charge in [0.1, 0.15) is 0 Å². The number of rotatable bonds is 6. The first-order valence-electron chi connectivity index (χ1n) is 6.65. The molecule has 4 nitrogen and oxygen atoms in total. The number of hydrogen-bond donors (Lipinski definition) is 1. The molecule has 1 aliphatic heterocycles. The van der Waals surface area contributed by atoms with Gasteiger partial charge < -0.3 is 19.5 Å². The van der Waals surface area contributed by atoms with Crippen LogP contribution in [0.25, 0.3) is 0 Å². The van der Waals surface area contributed by atoms with Gasteiger partial charge in [0.25, 0.3) is 0 Å². The Bertz CT molecular complexity index is 427. The van der Waals surface area contributed by atoms with E-state index in [1.807, 2.05) is 6.07 Å². The van der Waals surface area contributed by atoms with Crippen molar-refractivity contribution in [1.82, 2.24) is 5.32 Å². The predicted octanol–water partition coefficient (Wildman–Crippen LogP) is 1.97. The Morgan fingerprint density at radius 2 is 1.89 bits per heavy atom. The molecular formula is C15H23NO3. The van der Waals surface area contributed by atoms with Crippen LogP contribution in [0.3, 0.4) is 0 Å². The van der Waals surface area contributed by atoms with Crippen molar-refractivity contribution in [1.29, 1.82) is 0 Å². The molecule has 1 fully saturated rings. The maximum Gasteiger partial charge on any atom is 0.161 e. The van der Waals surface area contributed by atoms with Gasteiger partial charge in [-0.2, -0.15) is 0 Å². The molecule has 1 heterocycles. The van der Waals surface area contributed by atoms with E-state index in [4.69, 9.17) is 14.2 Å². The lowest BCUT2D eigenvalue weighted by Gasteiger charge is -2.42. The highest BCUT2D eigenvalue weighted by Gasteiger charge is 2.40. The minimum absolute atomic E-state index is 0.0593. The van der Waals surface area contributed by atoms with E-state index in [9.17, 15) is 0 Å². The predicted molar refractivity (Wildman–Crippen MR) is 75.2 cm³/mol. The summed E-state index contributed by atoms with van der Waals surface area (Å²) >= 11 is 0. The summed E-state index contributed by atoms with van der Waals surface area (Å²) in [6.45, 7) is 6.73. The molecule has 0 unspecified atom stereocenters. The maximum atomic E-state index is 5.44. The number of nitrogens with one attached hydrogen (secondary N) is 1. The zero-order valence-electron chi connectivity index (χ0n) is 12.2. The summed E-state index contributed by atoms with van der Waals surface area (Å²) in [7, 11) is 3.32. The Morgan fingerprint density at radius 1 is 1.21 bits per heavy atom. The molecule has 0 aromatic heterocycles. The smallest absolute Gasteiger partial charge is 0.161 e. The van der Waals surface area contributed by atoms with Gasteiger partial charge in [0.2, 0.25) is 0 Å². The van der Waals surface area contributed by atoms with Crippen molar-refractivity contribution in [2.24, 2.45) is 0 Å². The molecule has 2 rings (SSSR count). The van der Waals surface area contributed by atoms with Gasteiger partial charge in [-0.25, -0.2) is 0 Å². The van der Waals surface area contributed by atoms with Gasteiger partial charge in [-0.15, -0.1) is 0 Å². The van der Waals surface area contributed by atoms with Crippen LogP contribution < -0.4 is 14.8 Å². The van der Waals surface area contributed by atoms with E-state index in [0.717, 1.165) is 31.3 Å². The average molecular weight is 265 g/mol. The highest BCUT2D eigenvalue weighted by atomic mass is 16.5. The lowest BCUT2D eigenvalue weighted by Crippen LogP contribution is -2.54. The largest absolute Gasteiger partial charge is 0.493 e. The van der Waals surface area contributed by atoms with Gasteiger partial charge in [0, 0.05) is 12.6 Å². The van der Waals surface area contributed by atoms with Crippen molar-refractivity contribution >= 4 is 0 Å². The Kier molecular flexibility index (Phi) is 4.32. The van der Waals surface area contributed by atoms with Crippen LogP contribution in [0, 0.1) is 0 Å². The minimum Gasteiger partial charge on any atom is -0.493 e. The van der Waals surface area contributed by atoms with E-state index < -0.39 is 0 Å². The molecule has 1 aromatic rings. The third-order valence-corrected chi connectivity index (χ3v) is 3.60. The fraction of sp³-hybridized carbons (Fsp3) is 0.600. The van der Waals surface area contributed by atoms with Gasteiger partial charge >= 0.3 is 0 Å². The Balaban J connectivity index is 2.23. The van der Waals surface area contributed by atoms with Crippen LogP contribution in [0.5, 0.6) is 11.5 Å². The van der Waals surface area contributed by atoms with E-state index in [0.29, 0.717) is 6.04 Å². The second kappa shape index (κ2) is 5.80. The second-order valence-corrected chi connectivity index (χ2v) is 5.38. The lowest BCUT2D eigenvalue weighted by atomic mass is 9.78. The Morgan fingerprint density at radius 3 is 2.37 bits per heavy atom. The van der Waals surface area contributed by atoms with Crippen molar-refractivity contribution in [2.75, 3.05) is 34.0 Å². The molecule has 1 aromatic carbocycles. The summed E-state index contributed by atoms with van der Waals surface area (Å²) in [6.07, 6.45) is 0. The van der Waals surface area contributed by atoms with Gasteiger partial charge in [0.15, 0.2) is 11.5 Å². The number of hydrogen-bond acceptors (Lipinski definition) is 4. The molecule has 1 N–H and O–H groups in total. The molecule has 0 spiro atoms. The van der Waals surface area contributed by atoms with E-state index >= 15 is 0 Å². The molecular weight excluding hydrogens is 242 g/mol. The molecule has 0 saturated carbocycles. The van der Waals surface area contributed by atoms with E-state index in [1.54, 1.807) is 14.2 Å². The minimum atomic E-state index is 0.0593. The number of ether oxygens (including phenoxy) is 3. The van der Waals surface area contributed by atoms with Gasteiger partial charge in [-0.05, 0) is 17.7 Å². The van der Waals surface area contributed by atoms with Gasteiger partial charge in [-0.3, -0.25) is 0 Å². The fourth-order valence-electron chi connectivity index (χ4n) is 2.28. The van der Waals surface area contributed by atoms with Crippen LogP contribution >= 0.6 is 0 Å². The molecule has 106 valence electrons. The summed E-state index contributed by atoms with van der Waals surface area (Å²) in [6, 6.07) is 6.59. The average Bonchev–Trinajstić information content (AvgIpc) is 2.36. The standard InChI is InChI=1S/C15H23NO3/c1-11(2)16-8-15(9-19-10-15)12-5-6-13(17-3)14(7-12)18-4/h5-7,11,16H,8-10H2,1-4H3. The number of benzene rings is 1. The number of methoxy groups -OCH3 is 2. The zero-order chi connectivity index (χ0) is 13.9. The van der Waals surface area contributed by atoms with Gasteiger partial charge in [-0.1, -0.05) is 19.9 Å². The maximum absolute atomic E-state index is 5.44. The van der Waals surface area contributed by atoms with Crippen LogP contribution in [-0.4, -0.2) is 40.0 Å². The monoisotopic (exact) mass is 265 g/mol. The normalized spacial score (nSPS) is 17.1. The zero-order valence-corrected chi connectivity index (χ0v) is 12.2. The van der Waals surface area contributed by atoms with Crippen molar-refractivity contribution < 1.29 is 14.2 Å². The third kappa shape index (κ3) is 2.85. The molecule has 0 amide bonds. The Hall–Kier alpha value is -1.26. The first-order valence-corrected chi connectivity index (χ1v) is 6.65. The summed E-state index contributed by atoms with van der Waals surface area (Å²) in [4.78, 5) is 0. The summed E-state index contributed by atoms with van der Waals surface area (Å²) in [5.41, 5.74) is 1.30. The van der Waals surface area contributed by atoms with Crippen LogP contribution in [-0.2, 0) is 10.2 Å². The highest BCUT2D eigenvalue weighted by molar-refractivity contribution is 5.46. The fourth-order valence-corrected chi connectivity index (χ4v) is 2.28. The van der Waals surface area contributed by atoms with Crippen molar-refractivity contribution in [3.8, 4) is 11.5 Å². The quantitative estimate of drug-likeness (QED) is 0.853. The molecule has 4 heteroatoms. The first kappa shape index (κ1) is 14.2. The van der Waals surface area contributed by atoms with Crippen molar-refractivity contribution in [2.45, 2.75) is 25.3 Å². The van der Waals surface area contributed by atoms with E-state index in [1.165, 1.54) is 5.56 Å². The molecule has 1 aliphatic rings. The van der Waals surface area contributed by atoms with Crippen molar-refractivity contribution in [3.63, 3.8) is 0 Å². The van der Waals surface area contributed by atoms with E-state index in [-0.39, 0.29) is 5.41 Å². The SMILES string of the molecule is COc1ccc(C2(CNC(C)C)COC2)cc1OC. The van der Waals surface area contributed by atoms with Crippen LogP contribution in [0.4, 0.5) is 0 Å². The molecule has 0 aliphatic carbocycles. The van der Waals surface area contributed by atoms with Crippen molar-refractivity contribution in [3.05, 3.63) is 23.8 Å². The lowest BCUT2D eigenvalue weighted by molar-refractivity contribution is -0.0597.